The lowest BCUT2D eigenvalue weighted by Crippen LogP contribution is -2.30. The molecule has 1 aromatic rings. The zero-order valence-corrected chi connectivity index (χ0v) is 14.9. The van der Waals surface area contributed by atoms with Crippen molar-refractivity contribution in [2.75, 3.05) is 0 Å². The number of esters is 1. The van der Waals surface area contributed by atoms with Gasteiger partial charge in [-0.3, -0.25) is 0 Å². The molecule has 0 aliphatic rings. The van der Waals surface area contributed by atoms with Crippen molar-refractivity contribution in [1.29, 1.82) is 0 Å². The SMILES string of the molecule is CC(C)OC(=O)C(Cl)(Cl)[PH](=O)c1ccccc1OC(C)C. The van der Waals surface area contributed by atoms with Crippen LogP contribution in [-0.2, 0) is 14.1 Å². The van der Waals surface area contributed by atoms with Gasteiger partial charge in [-0.25, -0.2) is 4.79 Å². The minimum Gasteiger partial charge on any atom is -0.490 e. The standard InChI is InChI=1S/C14H19Cl2O4P/c1-9(2)19-11-7-5-6-8-12(11)21(18)14(15,16)13(17)20-10(3)4/h5-10,21H,1-4H3. The van der Waals surface area contributed by atoms with Crippen LogP contribution in [0.15, 0.2) is 24.3 Å². The van der Waals surface area contributed by atoms with Gasteiger partial charge in [-0.15, -0.1) is 0 Å². The van der Waals surface area contributed by atoms with Gasteiger partial charge in [0, 0.05) is 0 Å². The predicted molar refractivity (Wildman–Crippen MR) is 86.5 cm³/mol. The number of alkyl halides is 2. The molecule has 0 aliphatic carbocycles. The molecule has 0 radical (unpaired) electrons. The normalized spacial score (nSPS) is 13.3. The van der Waals surface area contributed by atoms with Gasteiger partial charge in [0.1, 0.15) is 5.75 Å². The maximum absolute atomic E-state index is 12.6. The first kappa shape index (κ1) is 18.3. The van der Waals surface area contributed by atoms with Gasteiger partial charge in [0.25, 0.3) is 4.07 Å². The van der Waals surface area contributed by atoms with Crippen molar-refractivity contribution in [3.63, 3.8) is 0 Å². The number of para-hydroxylation sites is 1. The number of hydrogen-bond donors (Lipinski definition) is 0. The van der Waals surface area contributed by atoms with E-state index in [1.54, 1.807) is 38.1 Å². The summed E-state index contributed by atoms with van der Waals surface area (Å²) in [4.78, 5) is 11.9. The monoisotopic (exact) mass is 352 g/mol. The largest absolute Gasteiger partial charge is 0.490 e. The Morgan fingerprint density at radius 3 is 2.24 bits per heavy atom. The summed E-state index contributed by atoms with van der Waals surface area (Å²) in [5, 5.41) is 0.321. The maximum atomic E-state index is 12.6. The van der Waals surface area contributed by atoms with Crippen molar-refractivity contribution in [2.24, 2.45) is 0 Å². The van der Waals surface area contributed by atoms with Gasteiger partial charge in [-0.05, 0) is 39.8 Å². The quantitative estimate of drug-likeness (QED) is 0.444. The number of benzene rings is 1. The van der Waals surface area contributed by atoms with Crippen molar-refractivity contribution < 1.29 is 18.8 Å². The lowest BCUT2D eigenvalue weighted by atomic mass is 10.3. The lowest BCUT2D eigenvalue weighted by molar-refractivity contribution is -0.146. The van der Waals surface area contributed by atoms with Crippen molar-refractivity contribution >= 4 is 42.3 Å². The summed E-state index contributed by atoms with van der Waals surface area (Å²) in [6, 6.07) is 6.67. The second-order valence-electron chi connectivity index (χ2n) is 5.02. The summed E-state index contributed by atoms with van der Waals surface area (Å²) in [5.41, 5.74) is 0. The van der Waals surface area contributed by atoms with E-state index in [9.17, 15) is 9.36 Å². The highest BCUT2D eigenvalue weighted by molar-refractivity contribution is 7.61. The number of carbonyl (C=O) groups excluding carboxylic acids is 1. The summed E-state index contributed by atoms with van der Waals surface area (Å²) in [6.45, 7) is 7.01. The van der Waals surface area contributed by atoms with Crippen LogP contribution in [0.25, 0.3) is 0 Å². The molecule has 0 heterocycles. The lowest BCUT2D eigenvalue weighted by Gasteiger charge is -2.21. The summed E-state index contributed by atoms with van der Waals surface area (Å²) in [5.74, 6) is -0.511. The van der Waals surface area contributed by atoms with Crippen LogP contribution >= 0.6 is 31.0 Å². The molecule has 0 aromatic heterocycles. The van der Waals surface area contributed by atoms with E-state index in [4.69, 9.17) is 32.7 Å². The van der Waals surface area contributed by atoms with Crippen molar-refractivity contribution in [1.82, 2.24) is 0 Å². The molecule has 0 amide bonds. The van der Waals surface area contributed by atoms with E-state index < -0.39 is 23.9 Å². The fraction of sp³-hybridized carbons (Fsp3) is 0.500. The molecule has 1 aromatic carbocycles. The van der Waals surface area contributed by atoms with E-state index in [1.807, 2.05) is 13.8 Å². The van der Waals surface area contributed by atoms with E-state index in [-0.39, 0.29) is 6.10 Å². The molecule has 0 saturated heterocycles. The second kappa shape index (κ2) is 7.53. The Hall–Kier alpha value is -0.700. The Balaban J connectivity index is 3.10. The molecular formula is C14H19Cl2O4P. The number of carbonyl (C=O) groups is 1. The van der Waals surface area contributed by atoms with Gasteiger partial charge < -0.3 is 14.0 Å². The van der Waals surface area contributed by atoms with Crippen LogP contribution < -0.4 is 10.0 Å². The Labute approximate surface area is 135 Å². The van der Waals surface area contributed by atoms with Crippen LogP contribution in [0.3, 0.4) is 0 Å². The number of hydrogen-bond acceptors (Lipinski definition) is 4. The summed E-state index contributed by atoms with van der Waals surface area (Å²) < 4.78 is 21.1. The molecule has 0 bridgehead atoms. The van der Waals surface area contributed by atoms with Gasteiger partial charge in [0.2, 0.25) is 0 Å². The van der Waals surface area contributed by atoms with Gasteiger partial charge in [0.05, 0.1) is 17.5 Å². The minimum absolute atomic E-state index is 0.108. The molecule has 0 saturated carbocycles. The van der Waals surface area contributed by atoms with Crippen LogP contribution in [0, 0.1) is 0 Å². The van der Waals surface area contributed by atoms with Crippen molar-refractivity contribution in [3.8, 4) is 5.75 Å². The molecule has 4 nitrogen and oxygen atoms in total. The average Bonchev–Trinajstić information content (AvgIpc) is 2.37. The zero-order valence-electron chi connectivity index (χ0n) is 12.4. The van der Waals surface area contributed by atoms with Gasteiger partial charge >= 0.3 is 5.97 Å². The van der Waals surface area contributed by atoms with Crippen LogP contribution in [0.1, 0.15) is 27.7 Å². The molecule has 118 valence electrons. The zero-order chi connectivity index (χ0) is 16.2. The third kappa shape index (κ3) is 4.91. The van der Waals surface area contributed by atoms with Crippen molar-refractivity contribution in [2.45, 2.75) is 44.0 Å². The first-order valence-electron chi connectivity index (χ1n) is 6.55. The first-order chi connectivity index (χ1) is 9.66. The molecular weight excluding hydrogens is 334 g/mol. The molecule has 0 aliphatic heterocycles. The molecule has 7 heteroatoms. The molecule has 0 N–H and O–H groups in total. The summed E-state index contributed by atoms with van der Waals surface area (Å²) in [7, 11) is -2.88. The highest BCUT2D eigenvalue weighted by atomic mass is 35.5. The fourth-order valence-electron chi connectivity index (χ4n) is 1.56. The maximum Gasteiger partial charge on any atom is 0.350 e. The van der Waals surface area contributed by atoms with Gasteiger partial charge in [-0.2, -0.15) is 0 Å². The minimum atomic E-state index is -2.88. The topological polar surface area (TPSA) is 52.6 Å². The second-order valence-corrected chi connectivity index (χ2v) is 8.93. The van der Waals surface area contributed by atoms with E-state index in [2.05, 4.69) is 0 Å². The number of rotatable bonds is 6. The molecule has 0 fully saturated rings. The average molecular weight is 353 g/mol. The summed E-state index contributed by atoms with van der Waals surface area (Å²) in [6.07, 6.45) is -0.505. The van der Waals surface area contributed by atoms with Crippen LogP contribution in [-0.4, -0.2) is 22.3 Å². The molecule has 1 unspecified atom stereocenters. The highest BCUT2D eigenvalue weighted by Gasteiger charge is 2.44. The fourth-order valence-corrected chi connectivity index (χ4v) is 3.46. The predicted octanol–water partition coefficient (Wildman–Crippen LogP) is 3.74. The van der Waals surface area contributed by atoms with Gasteiger partial charge in [-0.1, -0.05) is 35.3 Å². The first-order valence-corrected chi connectivity index (χ1v) is 8.72. The third-order valence-electron chi connectivity index (χ3n) is 2.38. The van der Waals surface area contributed by atoms with Crippen LogP contribution in [0.2, 0.25) is 0 Å². The Morgan fingerprint density at radius 2 is 1.71 bits per heavy atom. The van der Waals surface area contributed by atoms with Crippen LogP contribution in [0.4, 0.5) is 0 Å². The third-order valence-corrected chi connectivity index (χ3v) is 5.39. The summed E-state index contributed by atoms with van der Waals surface area (Å²) >= 11 is 12.0. The van der Waals surface area contributed by atoms with E-state index >= 15 is 0 Å². The van der Waals surface area contributed by atoms with E-state index in [1.165, 1.54) is 0 Å². The number of halogens is 2. The highest BCUT2D eigenvalue weighted by Crippen LogP contribution is 2.48. The van der Waals surface area contributed by atoms with E-state index in [0.717, 1.165) is 0 Å². The Kier molecular flexibility index (Phi) is 6.58. The smallest absolute Gasteiger partial charge is 0.350 e. The van der Waals surface area contributed by atoms with Gasteiger partial charge in [0.15, 0.2) is 7.80 Å². The van der Waals surface area contributed by atoms with E-state index in [0.29, 0.717) is 11.1 Å². The Morgan fingerprint density at radius 1 is 1.14 bits per heavy atom. The van der Waals surface area contributed by atoms with Crippen LogP contribution in [0.5, 0.6) is 5.75 Å². The number of ether oxygens (including phenoxy) is 2. The molecule has 1 rings (SSSR count). The van der Waals surface area contributed by atoms with Crippen molar-refractivity contribution in [3.05, 3.63) is 24.3 Å². The molecule has 0 spiro atoms. The molecule has 21 heavy (non-hydrogen) atoms. The molecule has 1 atom stereocenters. The Bertz CT molecular complexity index is 529.